The van der Waals surface area contributed by atoms with Gasteiger partial charge in [-0.15, -0.1) is 0 Å². The van der Waals surface area contributed by atoms with Gasteiger partial charge in [-0.05, 0) is 56.6 Å². The van der Waals surface area contributed by atoms with Crippen molar-refractivity contribution in [2.24, 2.45) is 5.73 Å². The summed E-state index contributed by atoms with van der Waals surface area (Å²) >= 11 is 0. The van der Waals surface area contributed by atoms with E-state index < -0.39 is 10.0 Å². The third-order valence-electron chi connectivity index (χ3n) is 3.98. The Morgan fingerprint density at radius 2 is 1.73 bits per heavy atom. The summed E-state index contributed by atoms with van der Waals surface area (Å²) in [7, 11) is -3.36. The van der Waals surface area contributed by atoms with Gasteiger partial charge in [0.2, 0.25) is 10.0 Å². The molecule has 0 saturated heterocycles. The Balaban J connectivity index is 2.20. The summed E-state index contributed by atoms with van der Waals surface area (Å²) in [5.74, 6) is 0. The molecule has 2 aromatic heterocycles. The summed E-state index contributed by atoms with van der Waals surface area (Å²) in [5, 5.41) is 0. The fourth-order valence-corrected chi connectivity index (χ4v) is 3.24. The van der Waals surface area contributed by atoms with Crippen molar-refractivity contribution in [3.8, 4) is 0 Å². The Labute approximate surface area is 155 Å². The van der Waals surface area contributed by atoms with Gasteiger partial charge in [-0.3, -0.25) is 19.6 Å². The quantitative estimate of drug-likeness (QED) is 0.613. The Bertz CT molecular complexity index is 811. The molecule has 0 saturated carbocycles. The van der Waals surface area contributed by atoms with E-state index in [-0.39, 0.29) is 0 Å². The van der Waals surface area contributed by atoms with Crippen LogP contribution in [0.3, 0.4) is 0 Å². The van der Waals surface area contributed by atoms with E-state index in [1.165, 1.54) is 0 Å². The van der Waals surface area contributed by atoms with Crippen molar-refractivity contribution in [1.82, 2.24) is 14.9 Å². The van der Waals surface area contributed by atoms with Crippen LogP contribution in [0.2, 0.25) is 0 Å². The van der Waals surface area contributed by atoms with E-state index in [2.05, 4.69) is 19.6 Å². The zero-order valence-corrected chi connectivity index (χ0v) is 16.2. The van der Waals surface area contributed by atoms with Gasteiger partial charge in [-0.25, -0.2) is 8.42 Å². The summed E-state index contributed by atoms with van der Waals surface area (Å²) in [6.07, 6.45) is 6.50. The number of nitrogens with zero attached hydrogens (tertiary/aromatic N) is 3. The molecular weight excluding hydrogens is 350 g/mol. The van der Waals surface area contributed by atoms with Crippen molar-refractivity contribution < 1.29 is 8.42 Å². The highest BCUT2D eigenvalue weighted by atomic mass is 32.2. The topological polar surface area (TPSA) is 101 Å². The van der Waals surface area contributed by atoms with Crippen LogP contribution in [0.25, 0.3) is 0 Å². The SMILES string of the molecule is Cc1cccnc1CN(CCCCN)Cc1ncccc1NS(C)(=O)=O. The zero-order valence-electron chi connectivity index (χ0n) is 15.4. The summed E-state index contributed by atoms with van der Waals surface area (Å²) < 4.78 is 25.8. The van der Waals surface area contributed by atoms with Crippen LogP contribution in [0.4, 0.5) is 5.69 Å². The molecule has 0 aliphatic rings. The van der Waals surface area contributed by atoms with Crippen LogP contribution < -0.4 is 10.5 Å². The molecule has 0 aliphatic carbocycles. The maximum absolute atomic E-state index is 11.6. The maximum Gasteiger partial charge on any atom is 0.229 e. The van der Waals surface area contributed by atoms with Crippen molar-refractivity contribution in [2.45, 2.75) is 32.9 Å². The van der Waals surface area contributed by atoms with E-state index >= 15 is 0 Å². The van der Waals surface area contributed by atoms with Crippen molar-refractivity contribution in [2.75, 3.05) is 24.1 Å². The van der Waals surface area contributed by atoms with Crippen LogP contribution in [-0.2, 0) is 23.1 Å². The number of anilines is 1. The highest BCUT2D eigenvalue weighted by Gasteiger charge is 2.14. The number of sulfonamides is 1. The molecule has 0 aromatic carbocycles. The molecule has 2 aromatic rings. The number of pyridine rings is 2. The van der Waals surface area contributed by atoms with Crippen LogP contribution in [0.5, 0.6) is 0 Å². The van der Waals surface area contributed by atoms with Crippen LogP contribution in [0.1, 0.15) is 29.8 Å². The lowest BCUT2D eigenvalue weighted by atomic mass is 10.2. The third-order valence-corrected chi connectivity index (χ3v) is 4.57. The van der Waals surface area contributed by atoms with Gasteiger partial charge in [-0.2, -0.15) is 0 Å². The fourth-order valence-electron chi connectivity index (χ4n) is 2.66. The molecule has 8 heteroatoms. The predicted molar refractivity (Wildman–Crippen MR) is 104 cm³/mol. The standard InChI is InChI=1S/C18H27N5O2S/c1-15-7-5-10-20-17(15)13-23(12-4-3-9-19)14-18-16(8-6-11-21-18)22-26(2,24)25/h5-8,10-11,22H,3-4,9,12-14,19H2,1-2H3. The molecule has 0 spiro atoms. The minimum absolute atomic E-state index is 0.511. The fraction of sp³-hybridized carbons (Fsp3) is 0.444. The molecule has 0 unspecified atom stereocenters. The second-order valence-electron chi connectivity index (χ2n) is 6.35. The Hall–Kier alpha value is -2.03. The smallest absolute Gasteiger partial charge is 0.229 e. The van der Waals surface area contributed by atoms with E-state index in [9.17, 15) is 8.42 Å². The molecular formula is C18H27N5O2S. The Kier molecular flexibility index (Phi) is 7.50. The van der Waals surface area contributed by atoms with Crippen molar-refractivity contribution >= 4 is 15.7 Å². The molecule has 3 N–H and O–H groups in total. The van der Waals surface area contributed by atoms with Gasteiger partial charge in [0.05, 0.1) is 23.3 Å². The van der Waals surface area contributed by atoms with Crippen molar-refractivity contribution in [1.29, 1.82) is 0 Å². The first-order valence-corrected chi connectivity index (χ1v) is 10.5. The van der Waals surface area contributed by atoms with Gasteiger partial charge in [0.15, 0.2) is 0 Å². The largest absolute Gasteiger partial charge is 0.330 e. The monoisotopic (exact) mass is 377 g/mol. The lowest BCUT2D eigenvalue weighted by molar-refractivity contribution is 0.246. The molecule has 0 aliphatic heterocycles. The van der Waals surface area contributed by atoms with Gasteiger partial charge < -0.3 is 5.73 Å². The van der Waals surface area contributed by atoms with Crippen molar-refractivity contribution in [3.63, 3.8) is 0 Å². The molecule has 0 bridgehead atoms. The minimum Gasteiger partial charge on any atom is -0.330 e. The van der Waals surface area contributed by atoms with Crippen LogP contribution >= 0.6 is 0 Å². The second kappa shape index (κ2) is 9.61. The maximum atomic E-state index is 11.6. The number of nitrogens with one attached hydrogen (secondary N) is 1. The lowest BCUT2D eigenvalue weighted by Crippen LogP contribution is -2.27. The van der Waals surface area contributed by atoms with Crippen LogP contribution in [0, 0.1) is 6.92 Å². The van der Waals surface area contributed by atoms with E-state index in [0.29, 0.717) is 31.0 Å². The molecule has 0 fully saturated rings. The van der Waals surface area contributed by atoms with Crippen LogP contribution in [-0.4, -0.2) is 42.6 Å². The number of aryl methyl sites for hydroxylation is 1. The van der Waals surface area contributed by atoms with Crippen molar-refractivity contribution in [3.05, 3.63) is 53.6 Å². The number of aromatic nitrogens is 2. The molecule has 0 atom stereocenters. The van der Waals surface area contributed by atoms with Gasteiger partial charge in [0.1, 0.15) is 0 Å². The first kappa shape index (κ1) is 20.3. The first-order valence-electron chi connectivity index (χ1n) is 8.63. The van der Waals surface area contributed by atoms with E-state index in [1.807, 2.05) is 19.1 Å². The second-order valence-corrected chi connectivity index (χ2v) is 8.09. The molecule has 142 valence electrons. The Morgan fingerprint density at radius 3 is 2.38 bits per heavy atom. The molecule has 2 rings (SSSR count). The number of unbranched alkanes of at least 4 members (excludes halogenated alkanes) is 1. The van der Waals surface area contributed by atoms with E-state index in [4.69, 9.17) is 5.73 Å². The third kappa shape index (κ3) is 6.70. The predicted octanol–water partition coefficient (Wildman–Crippen LogP) is 1.90. The molecule has 0 radical (unpaired) electrons. The number of hydrogen-bond acceptors (Lipinski definition) is 6. The molecule has 7 nitrogen and oxygen atoms in total. The molecule has 26 heavy (non-hydrogen) atoms. The molecule has 2 heterocycles. The van der Waals surface area contributed by atoms with Crippen LogP contribution in [0.15, 0.2) is 36.7 Å². The highest BCUT2D eigenvalue weighted by Crippen LogP contribution is 2.18. The Morgan fingerprint density at radius 1 is 1.08 bits per heavy atom. The number of hydrogen-bond donors (Lipinski definition) is 2. The summed E-state index contributed by atoms with van der Waals surface area (Å²) in [6, 6.07) is 7.41. The van der Waals surface area contributed by atoms with Gasteiger partial charge in [-0.1, -0.05) is 6.07 Å². The lowest BCUT2D eigenvalue weighted by Gasteiger charge is -2.23. The van der Waals surface area contributed by atoms with E-state index in [0.717, 1.165) is 36.9 Å². The van der Waals surface area contributed by atoms with Gasteiger partial charge in [0, 0.05) is 25.5 Å². The summed E-state index contributed by atoms with van der Waals surface area (Å²) in [4.78, 5) is 11.1. The number of nitrogens with two attached hydrogens (primary N) is 1. The molecule has 0 amide bonds. The zero-order chi connectivity index (χ0) is 19.0. The van der Waals surface area contributed by atoms with E-state index in [1.54, 1.807) is 24.5 Å². The summed E-state index contributed by atoms with van der Waals surface area (Å²) in [6.45, 7) is 4.73. The average molecular weight is 378 g/mol. The number of rotatable bonds is 10. The van der Waals surface area contributed by atoms with Gasteiger partial charge >= 0.3 is 0 Å². The first-order chi connectivity index (χ1) is 12.4. The minimum atomic E-state index is -3.36. The normalized spacial score (nSPS) is 11.7. The average Bonchev–Trinajstić information content (AvgIpc) is 2.57. The summed E-state index contributed by atoms with van der Waals surface area (Å²) in [5.41, 5.74) is 8.96. The van der Waals surface area contributed by atoms with Gasteiger partial charge in [0.25, 0.3) is 0 Å². The highest BCUT2D eigenvalue weighted by molar-refractivity contribution is 7.92.